The predicted octanol–water partition coefficient (Wildman–Crippen LogP) is 2.31. The SMILES string of the molecule is CCN1CCN(C2(CN)CCCC(C)(C)C2)CC1C. The summed E-state index contributed by atoms with van der Waals surface area (Å²) in [6.45, 7) is 15.1. The Hall–Kier alpha value is -0.120. The molecule has 19 heavy (non-hydrogen) atoms. The van der Waals surface area contributed by atoms with Gasteiger partial charge in [-0.25, -0.2) is 0 Å². The minimum atomic E-state index is 0.274. The van der Waals surface area contributed by atoms with Gasteiger partial charge in [-0.1, -0.05) is 27.2 Å². The van der Waals surface area contributed by atoms with E-state index in [0.717, 1.165) is 6.54 Å². The summed E-state index contributed by atoms with van der Waals surface area (Å²) in [6.07, 6.45) is 5.27. The average molecular weight is 267 g/mol. The normalized spacial score (nSPS) is 37.4. The number of rotatable bonds is 3. The molecule has 0 bridgehead atoms. The van der Waals surface area contributed by atoms with Crippen molar-refractivity contribution in [2.75, 3.05) is 32.7 Å². The second kappa shape index (κ2) is 5.71. The summed E-state index contributed by atoms with van der Waals surface area (Å²) in [6, 6.07) is 0.673. The number of hydrogen-bond donors (Lipinski definition) is 1. The highest BCUT2D eigenvalue weighted by atomic mass is 15.3. The van der Waals surface area contributed by atoms with Gasteiger partial charge in [0.25, 0.3) is 0 Å². The molecule has 0 aromatic rings. The van der Waals surface area contributed by atoms with Crippen LogP contribution < -0.4 is 5.73 Å². The zero-order chi connectivity index (χ0) is 14.1. The summed E-state index contributed by atoms with van der Waals surface area (Å²) < 4.78 is 0. The van der Waals surface area contributed by atoms with Gasteiger partial charge in [0.1, 0.15) is 0 Å². The summed E-state index contributed by atoms with van der Waals surface area (Å²) in [5.41, 5.74) is 6.98. The Kier molecular flexibility index (Phi) is 4.59. The molecule has 1 heterocycles. The van der Waals surface area contributed by atoms with E-state index < -0.39 is 0 Å². The molecule has 0 radical (unpaired) electrons. The third-order valence-electron chi connectivity index (χ3n) is 5.53. The molecule has 2 aliphatic rings. The molecule has 1 saturated carbocycles. The van der Waals surface area contributed by atoms with Gasteiger partial charge in [0.15, 0.2) is 0 Å². The van der Waals surface area contributed by atoms with Gasteiger partial charge in [-0.05, 0) is 38.1 Å². The van der Waals surface area contributed by atoms with Crippen LogP contribution in [-0.2, 0) is 0 Å². The van der Waals surface area contributed by atoms with Gasteiger partial charge >= 0.3 is 0 Å². The molecule has 2 unspecified atom stereocenters. The smallest absolute Gasteiger partial charge is 0.0338 e. The molecule has 1 aliphatic carbocycles. The number of likely N-dealkylation sites (N-methyl/N-ethyl adjacent to an activating group) is 1. The number of nitrogens with zero attached hydrogens (tertiary/aromatic N) is 2. The lowest BCUT2D eigenvalue weighted by atomic mass is 9.67. The van der Waals surface area contributed by atoms with E-state index in [1.54, 1.807) is 0 Å². The Bertz CT molecular complexity index is 302. The fourth-order valence-corrected chi connectivity index (χ4v) is 4.43. The summed E-state index contributed by atoms with van der Waals surface area (Å²) in [5.74, 6) is 0. The third-order valence-corrected chi connectivity index (χ3v) is 5.53. The molecule has 1 saturated heterocycles. The van der Waals surface area contributed by atoms with Crippen molar-refractivity contribution in [1.82, 2.24) is 9.80 Å². The van der Waals surface area contributed by atoms with Gasteiger partial charge in [-0.15, -0.1) is 0 Å². The topological polar surface area (TPSA) is 32.5 Å². The maximum Gasteiger partial charge on any atom is 0.0338 e. The molecule has 2 N–H and O–H groups in total. The first kappa shape index (κ1) is 15.3. The molecule has 3 heteroatoms. The summed E-state index contributed by atoms with van der Waals surface area (Å²) in [7, 11) is 0. The molecule has 3 nitrogen and oxygen atoms in total. The Morgan fingerprint density at radius 1 is 1.21 bits per heavy atom. The zero-order valence-electron chi connectivity index (χ0n) is 13.4. The van der Waals surface area contributed by atoms with Crippen LogP contribution in [0.1, 0.15) is 53.4 Å². The van der Waals surface area contributed by atoms with E-state index >= 15 is 0 Å². The van der Waals surface area contributed by atoms with Crippen LogP contribution >= 0.6 is 0 Å². The van der Waals surface area contributed by atoms with Crippen molar-refractivity contribution in [3.05, 3.63) is 0 Å². The van der Waals surface area contributed by atoms with E-state index in [-0.39, 0.29) is 5.54 Å². The van der Waals surface area contributed by atoms with Crippen molar-refractivity contribution < 1.29 is 0 Å². The lowest BCUT2D eigenvalue weighted by Gasteiger charge is -2.54. The number of nitrogens with two attached hydrogens (primary N) is 1. The molecule has 2 rings (SSSR count). The summed E-state index contributed by atoms with van der Waals surface area (Å²) >= 11 is 0. The van der Waals surface area contributed by atoms with Crippen LogP contribution in [-0.4, -0.2) is 54.1 Å². The molecule has 2 atom stereocenters. The predicted molar refractivity (Wildman–Crippen MR) is 82.3 cm³/mol. The van der Waals surface area contributed by atoms with Crippen molar-refractivity contribution >= 4 is 0 Å². The molecule has 0 aromatic carbocycles. The molecule has 2 fully saturated rings. The van der Waals surface area contributed by atoms with Gasteiger partial charge in [-0.2, -0.15) is 0 Å². The first-order chi connectivity index (χ1) is 8.92. The Morgan fingerprint density at radius 2 is 1.95 bits per heavy atom. The largest absolute Gasteiger partial charge is 0.329 e. The minimum absolute atomic E-state index is 0.274. The first-order valence-corrected chi connectivity index (χ1v) is 8.12. The van der Waals surface area contributed by atoms with Crippen LogP contribution in [0.4, 0.5) is 0 Å². The standard InChI is InChI=1S/C16H33N3/c1-5-18-9-10-19(11-14(18)2)16(13-17)8-6-7-15(3,4)12-16/h14H,5-13,17H2,1-4H3. The lowest BCUT2D eigenvalue weighted by molar-refractivity contribution is -0.0348. The van der Waals surface area contributed by atoms with Crippen molar-refractivity contribution in [3.8, 4) is 0 Å². The first-order valence-electron chi connectivity index (χ1n) is 8.12. The zero-order valence-corrected chi connectivity index (χ0v) is 13.4. The van der Waals surface area contributed by atoms with Gasteiger partial charge in [0, 0.05) is 37.8 Å². The highest BCUT2D eigenvalue weighted by Gasteiger charge is 2.44. The Labute approximate surface area is 119 Å². The van der Waals surface area contributed by atoms with Gasteiger partial charge < -0.3 is 5.73 Å². The summed E-state index contributed by atoms with van der Waals surface area (Å²) in [4.78, 5) is 5.32. The van der Waals surface area contributed by atoms with Crippen molar-refractivity contribution in [2.45, 2.75) is 65.0 Å². The Balaban J connectivity index is 2.09. The van der Waals surface area contributed by atoms with Crippen LogP contribution in [0.5, 0.6) is 0 Å². The van der Waals surface area contributed by atoms with Crippen LogP contribution in [0.2, 0.25) is 0 Å². The minimum Gasteiger partial charge on any atom is -0.329 e. The van der Waals surface area contributed by atoms with Gasteiger partial charge in [0.05, 0.1) is 0 Å². The molecule has 0 spiro atoms. The van der Waals surface area contributed by atoms with Crippen LogP contribution in [0, 0.1) is 5.41 Å². The second-order valence-electron chi connectivity index (χ2n) is 7.55. The third kappa shape index (κ3) is 3.14. The summed E-state index contributed by atoms with van der Waals surface area (Å²) in [5, 5.41) is 0. The second-order valence-corrected chi connectivity index (χ2v) is 7.55. The molecule has 0 aromatic heterocycles. The van der Waals surface area contributed by atoms with E-state index in [1.165, 1.54) is 51.9 Å². The molecular formula is C16H33N3. The van der Waals surface area contributed by atoms with Crippen LogP contribution in [0.15, 0.2) is 0 Å². The van der Waals surface area contributed by atoms with E-state index in [4.69, 9.17) is 5.73 Å². The van der Waals surface area contributed by atoms with Crippen LogP contribution in [0.3, 0.4) is 0 Å². The lowest BCUT2D eigenvalue weighted by Crippen LogP contribution is -2.64. The van der Waals surface area contributed by atoms with E-state index in [0.29, 0.717) is 11.5 Å². The molecule has 112 valence electrons. The quantitative estimate of drug-likeness (QED) is 0.852. The van der Waals surface area contributed by atoms with Crippen molar-refractivity contribution in [2.24, 2.45) is 11.1 Å². The van der Waals surface area contributed by atoms with Gasteiger partial charge in [0.2, 0.25) is 0 Å². The Morgan fingerprint density at radius 3 is 2.47 bits per heavy atom. The average Bonchev–Trinajstić information content (AvgIpc) is 2.37. The van der Waals surface area contributed by atoms with Gasteiger partial charge in [-0.3, -0.25) is 9.80 Å². The number of hydrogen-bond acceptors (Lipinski definition) is 3. The maximum absolute atomic E-state index is 6.25. The van der Waals surface area contributed by atoms with E-state index in [9.17, 15) is 0 Å². The molecule has 0 amide bonds. The molecule has 1 aliphatic heterocycles. The van der Waals surface area contributed by atoms with E-state index in [2.05, 4.69) is 37.5 Å². The van der Waals surface area contributed by atoms with Crippen molar-refractivity contribution in [3.63, 3.8) is 0 Å². The van der Waals surface area contributed by atoms with Crippen LogP contribution in [0.25, 0.3) is 0 Å². The van der Waals surface area contributed by atoms with E-state index in [1.807, 2.05) is 0 Å². The maximum atomic E-state index is 6.25. The monoisotopic (exact) mass is 267 g/mol. The van der Waals surface area contributed by atoms with Crippen molar-refractivity contribution in [1.29, 1.82) is 0 Å². The highest BCUT2D eigenvalue weighted by molar-refractivity contribution is 5.01. The number of piperazine rings is 1. The fraction of sp³-hybridized carbons (Fsp3) is 1.00. The fourth-order valence-electron chi connectivity index (χ4n) is 4.43. The highest BCUT2D eigenvalue weighted by Crippen LogP contribution is 2.44. The molecular weight excluding hydrogens is 234 g/mol.